The summed E-state index contributed by atoms with van der Waals surface area (Å²) in [4.78, 5) is 13.5. The predicted octanol–water partition coefficient (Wildman–Crippen LogP) is 1.13. The molecular weight excluding hydrogens is 223 g/mol. The van der Waals surface area contributed by atoms with Crippen LogP contribution in [0.3, 0.4) is 0 Å². The van der Waals surface area contributed by atoms with Crippen LogP contribution in [-0.4, -0.2) is 45.1 Å². The first kappa shape index (κ1) is 13.4. The summed E-state index contributed by atoms with van der Waals surface area (Å²) in [5.41, 5.74) is -0.0198. The number of carbonyl (C=O) groups excluding carboxylic acids is 1. The van der Waals surface area contributed by atoms with Crippen LogP contribution >= 0.6 is 0 Å². The first-order valence-electron chi connectivity index (χ1n) is 5.34. The van der Waals surface area contributed by atoms with Crippen molar-refractivity contribution < 1.29 is 13.9 Å². The first-order valence-corrected chi connectivity index (χ1v) is 5.34. The van der Waals surface area contributed by atoms with Crippen molar-refractivity contribution in [2.24, 2.45) is 0 Å². The summed E-state index contributed by atoms with van der Waals surface area (Å²) in [7, 11) is 4.84. The molecule has 1 rings (SSSR count). The second-order valence-corrected chi connectivity index (χ2v) is 3.65. The minimum Gasteiger partial charge on any atom is -0.496 e. The van der Waals surface area contributed by atoms with Gasteiger partial charge in [-0.3, -0.25) is 4.79 Å². The van der Waals surface area contributed by atoms with E-state index in [0.717, 1.165) is 0 Å². The molecule has 94 valence electrons. The molecular formula is C12H17FN2O2. The summed E-state index contributed by atoms with van der Waals surface area (Å²) in [6.45, 7) is 1.16. The van der Waals surface area contributed by atoms with Crippen molar-refractivity contribution in [2.45, 2.75) is 0 Å². The third kappa shape index (κ3) is 3.17. The van der Waals surface area contributed by atoms with Gasteiger partial charge in [-0.25, -0.2) is 4.39 Å². The number of halogens is 1. The molecule has 0 fully saturated rings. The normalized spacial score (nSPS) is 10.1. The highest BCUT2D eigenvalue weighted by Gasteiger charge is 2.20. The minimum atomic E-state index is -0.564. The van der Waals surface area contributed by atoms with Gasteiger partial charge in [0.15, 0.2) is 0 Å². The maximum Gasteiger partial charge on any atom is 0.260 e. The van der Waals surface area contributed by atoms with Gasteiger partial charge in [-0.05, 0) is 19.2 Å². The number of methoxy groups -OCH3 is 1. The highest BCUT2D eigenvalue weighted by atomic mass is 19.1. The zero-order chi connectivity index (χ0) is 12.8. The lowest BCUT2D eigenvalue weighted by Gasteiger charge is -2.18. The Balaban J connectivity index is 2.95. The van der Waals surface area contributed by atoms with Gasteiger partial charge >= 0.3 is 0 Å². The van der Waals surface area contributed by atoms with Crippen molar-refractivity contribution in [1.29, 1.82) is 0 Å². The lowest BCUT2D eigenvalue weighted by molar-refractivity contribution is 0.0788. The predicted molar refractivity (Wildman–Crippen MR) is 63.8 cm³/mol. The van der Waals surface area contributed by atoms with E-state index in [1.165, 1.54) is 24.1 Å². The van der Waals surface area contributed by atoms with Crippen molar-refractivity contribution in [3.05, 3.63) is 29.6 Å². The van der Waals surface area contributed by atoms with E-state index in [4.69, 9.17) is 4.74 Å². The van der Waals surface area contributed by atoms with E-state index in [1.54, 1.807) is 20.2 Å². The van der Waals surface area contributed by atoms with Gasteiger partial charge in [0, 0.05) is 20.1 Å². The third-order valence-corrected chi connectivity index (χ3v) is 2.45. The maximum atomic E-state index is 13.6. The molecule has 0 saturated carbocycles. The molecule has 4 nitrogen and oxygen atoms in total. The highest BCUT2D eigenvalue weighted by Crippen LogP contribution is 2.22. The van der Waals surface area contributed by atoms with Crippen LogP contribution < -0.4 is 10.1 Å². The molecule has 0 aliphatic carbocycles. The van der Waals surface area contributed by atoms with Gasteiger partial charge in [0.05, 0.1) is 7.11 Å². The fraction of sp³-hybridized carbons (Fsp3) is 0.417. The molecule has 0 aromatic heterocycles. The molecule has 0 unspecified atom stereocenters. The molecule has 0 aliphatic heterocycles. The van der Waals surface area contributed by atoms with Gasteiger partial charge in [-0.1, -0.05) is 6.07 Å². The summed E-state index contributed by atoms with van der Waals surface area (Å²) < 4.78 is 18.6. The van der Waals surface area contributed by atoms with Gasteiger partial charge in [0.25, 0.3) is 5.91 Å². The highest BCUT2D eigenvalue weighted by molar-refractivity contribution is 5.97. The molecule has 1 N–H and O–H groups in total. The molecule has 0 spiro atoms. The van der Waals surface area contributed by atoms with Gasteiger partial charge in [0.2, 0.25) is 0 Å². The van der Waals surface area contributed by atoms with Crippen LogP contribution in [0.4, 0.5) is 4.39 Å². The SMILES string of the molecule is CNCCN(C)C(=O)c1c(F)cccc1OC. The van der Waals surface area contributed by atoms with Crippen molar-refractivity contribution in [1.82, 2.24) is 10.2 Å². The molecule has 0 radical (unpaired) electrons. The Morgan fingerprint density at radius 2 is 2.24 bits per heavy atom. The van der Waals surface area contributed by atoms with Crippen molar-refractivity contribution in [3.63, 3.8) is 0 Å². The van der Waals surface area contributed by atoms with Gasteiger partial charge < -0.3 is 15.0 Å². The van der Waals surface area contributed by atoms with E-state index in [1.807, 2.05) is 0 Å². The summed E-state index contributed by atoms with van der Waals surface area (Å²) in [5, 5.41) is 2.93. The van der Waals surface area contributed by atoms with Gasteiger partial charge in [-0.2, -0.15) is 0 Å². The molecule has 0 bridgehead atoms. The van der Waals surface area contributed by atoms with E-state index in [9.17, 15) is 9.18 Å². The van der Waals surface area contributed by atoms with Crippen LogP contribution in [0, 0.1) is 5.82 Å². The number of likely N-dealkylation sites (N-methyl/N-ethyl adjacent to an activating group) is 2. The average molecular weight is 240 g/mol. The Morgan fingerprint density at radius 3 is 2.82 bits per heavy atom. The summed E-state index contributed by atoms with van der Waals surface area (Å²) in [6.07, 6.45) is 0. The second-order valence-electron chi connectivity index (χ2n) is 3.65. The minimum absolute atomic E-state index is 0.0198. The Morgan fingerprint density at radius 1 is 1.53 bits per heavy atom. The smallest absolute Gasteiger partial charge is 0.260 e. The fourth-order valence-electron chi connectivity index (χ4n) is 1.45. The van der Waals surface area contributed by atoms with E-state index < -0.39 is 5.82 Å². The number of nitrogens with one attached hydrogen (secondary N) is 1. The fourth-order valence-corrected chi connectivity index (χ4v) is 1.45. The number of ether oxygens (including phenoxy) is 1. The molecule has 5 heteroatoms. The maximum absolute atomic E-state index is 13.6. The number of amides is 1. The Kier molecular flexibility index (Phi) is 4.90. The van der Waals surface area contributed by atoms with E-state index >= 15 is 0 Å². The number of carbonyl (C=O) groups is 1. The number of hydrogen-bond donors (Lipinski definition) is 1. The van der Waals surface area contributed by atoms with Gasteiger partial charge in [0.1, 0.15) is 17.1 Å². The topological polar surface area (TPSA) is 41.6 Å². The standard InChI is InChI=1S/C12H17FN2O2/c1-14-7-8-15(2)12(16)11-9(13)5-4-6-10(11)17-3/h4-6,14H,7-8H2,1-3H3. The largest absolute Gasteiger partial charge is 0.496 e. The number of hydrogen-bond acceptors (Lipinski definition) is 3. The van der Waals surface area contributed by atoms with Crippen LogP contribution in [-0.2, 0) is 0 Å². The van der Waals surface area contributed by atoms with Crippen LogP contribution in [0.25, 0.3) is 0 Å². The molecule has 17 heavy (non-hydrogen) atoms. The van der Waals surface area contributed by atoms with Crippen LogP contribution in [0.5, 0.6) is 5.75 Å². The summed E-state index contributed by atoms with van der Waals surface area (Å²) in [5.74, 6) is -0.688. The monoisotopic (exact) mass is 240 g/mol. The van der Waals surface area contributed by atoms with E-state index in [-0.39, 0.29) is 17.2 Å². The van der Waals surface area contributed by atoms with E-state index in [2.05, 4.69) is 5.32 Å². The molecule has 1 aromatic rings. The van der Waals surface area contributed by atoms with Crippen molar-refractivity contribution in [2.75, 3.05) is 34.3 Å². The quantitative estimate of drug-likeness (QED) is 0.838. The number of rotatable bonds is 5. The Labute approximate surface area is 100 Å². The number of nitrogens with zero attached hydrogens (tertiary/aromatic N) is 1. The molecule has 1 aromatic carbocycles. The number of benzene rings is 1. The Hall–Kier alpha value is -1.62. The third-order valence-electron chi connectivity index (χ3n) is 2.45. The van der Waals surface area contributed by atoms with Crippen molar-refractivity contribution in [3.8, 4) is 5.75 Å². The molecule has 1 amide bonds. The zero-order valence-corrected chi connectivity index (χ0v) is 10.3. The summed E-state index contributed by atoms with van der Waals surface area (Å²) >= 11 is 0. The average Bonchev–Trinajstić information content (AvgIpc) is 2.34. The molecule has 0 aliphatic rings. The Bertz CT molecular complexity index is 396. The first-order chi connectivity index (χ1) is 8.11. The van der Waals surface area contributed by atoms with E-state index in [0.29, 0.717) is 13.1 Å². The van der Waals surface area contributed by atoms with Crippen molar-refractivity contribution >= 4 is 5.91 Å². The molecule has 0 heterocycles. The molecule has 0 saturated heterocycles. The summed E-state index contributed by atoms with van der Waals surface area (Å²) in [6, 6.07) is 4.34. The molecule has 0 atom stereocenters. The van der Waals surface area contributed by atoms with Gasteiger partial charge in [-0.15, -0.1) is 0 Å². The second kappa shape index (κ2) is 6.20. The lowest BCUT2D eigenvalue weighted by atomic mass is 10.1. The van der Waals surface area contributed by atoms with Crippen LogP contribution in [0.2, 0.25) is 0 Å². The van der Waals surface area contributed by atoms with Crippen LogP contribution in [0.15, 0.2) is 18.2 Å². The lowest BCUT2D eigenvalue weighted by Crippen LogP contribution is -2.33. The van der Waals surface area contributed by atoms with Crippen LogP contribution in [0.1, 0.15) is 10.4 Å². The zero-order valence-electron chi connectivity index (χ0n) is 10.3.